The van der Waals surface area contributed by atoms with E-state index in [1.165, 1.54) is 0 Å². The highest BCUT2D eigenvalue weighted by molar-refractivity contribution is 9.10. The Hall–Kier alpha value is -5.03. The average molecular weight is 676 g/mol. The van der Waals surface area contributed by atoms with Crippen molar-refractivity contribution >= 4 is 21.7 Å². The zero-order chi connectivity index (χ0) is 32.4. The minimum Gasteiger partial charge on any atom is -0.382 e. The highest BCUT2D eigenvalue weighted by Crippen LogP contribution is 2.48. The Bertz CT molecular complexity index is 1810. The lowest BCUT2D eigenvalue weighted by Gasteiger charge is -2.25. The molecule has 2 aliphatic rings. The van der Waals surface area contributed by atoms with Gasteiger partial charge in [0.2, 0.25) is 0 Å². The molecule has 6 heterocycles. The number of halogens is 1. The van der Waals surface area contributed by atoms with E-state index in [0.29, 0.717) is 22.5 Å². The monoisotopic (exact) mass is 674 g/mol. The van der Waals surface area contributed by atoms with Gasteiger partial charge in [-0.25, -0.2) is 0 Å². The molecule has 0 aliphatic heterocycles. The van der Waals surface area contributed by atoms with Gasteiger partial charge in [0.15, 0.2) is 5.78 Å². The summed E-state index contributed by atoms with van der Waals surface area (Å²) in [6, 6.07) is 22.0. The molecule has 0 radical (unpaired) electrons. The summed E-state index contributed by atoms with van der Waals surface area (Å²) in [4.78, 5) is 36.9. The van der Waals surface area contributed by atoms with Crippen LogP contribution in [0.15, 0.2) is 127 Å². The fraction of sp³-hybridized carbons (Fsp3) is 0.139. The lowest BCUT2D eigenvalue weighted by atomic mass is 9.86. The van der Waals surface area contributed by atoms with Crippen LogP contribution in [0.1, 0.15) is 46.5 Å². The molecular formula is C36H31BrN6O3. The SMILES string of the molecule is Brc1cccnc1.CCOCC.O=C1c2cccnc2-c2ncccc21.OC1(c2cccnc2)c2cccnc2-c2ncccc21. The van der Waals surface area contributed by atoms with E-state index in [1.807, 2.05) is 62.4 Å². The van der Waals surface area contributed by atoms with Crippen molar-refractivity contribution < 1.29 is 14.6 Å². The van der Waals surface area contributed by atoms with Gasteiger partial charge in [0, 0.05) is 84.0 Å². The fourth-order valence-electron chi connectivity index (χ4n) is 5.05. The fourth-order valence-corrected chi connectivity index (χ4v) is 5.32. The topological polar surface area (TPSA) is 124 Å². The molecule has 46 heavy (non-hydrogen) atoms. The van der Waals surface area contributed by atoms with Crippen LogP contribution in [0.4, 0.5) is 0 Å². The van der Waals surface area contributed by atoms with Crippen LogP contribution in [0.25, 0.3) is 22.8 Å². The summed E-state index contributed by atoms with van der Waals surface area (Å²) in [5.74, 6) is 0.0243. The molecule has 1 N–H and O–H groups in total. The van der Waals surface area contributed by atoms with Gasteiger partial charge in [-0.15, -0.1) is 0 Å². The van der Waals surface area contributed by atoms with Gasteiger partial charge in [-0.1, -0.05) is 18.2 Å². The first-order valence-electron chi connectivity index (χ1n) is 14.6. The number of nitrogens with zero attached hydrogens (tertiary/aromatic N) is 6. The van der Waals surface area contributed by atoms with Crippen LogP contribution < -0.4 is 0 Å². The third-order valence-electron chi connectivity index (χ3n) is 7.06. The minimum atomic E-state index is -1.23. The Balaban J connectivity index is 0.000000138. The van der Waals surface area contributed by atoms with Gasteiger partial charge in [-0.3, -0.25) is 34.7 Å². The van der Waals surface area contributed by atoms with E-state index in [0.717, 1.165) is 45.8 Å². The number of ether oxygens (including phenoxy) is 1. The third-order valence-corrected chi connectivity index (χ3v) is 7.53. The maximum Gasteiger partial charge on any atom is 0.197 e. The Morgan fingerprint density at radius 3 is 1.48 bits per heavy atom. The smallest absolute Gasteiger partial charge is 0.197 e. The molecule has 0 amide bonds. The summed E-state index contributed by atoms with van der Waals surface area (Å²) < 4.78 is 5.86. The van der Waals surface area contributed by atoms with E-state index in [1.54, 1.807) is 73.8 Å². The van der Waals surface area contributed by atoms with Crippen LogP contribution in [-0.2, 0) is 10.3 Å². The number of hydrogen-bond donors (Lipinski definition) is 1. The number of hydrogen-bond acceptors (Lipinski definition) is 9. The molecule has 0 fully saturated rings. The van der Waals surface area contributed by atoms with Gasteiger partial charge in [0.05, 0.1) is 22.5 Å². The maximum atomic E-state index is 11.8. The number of carbonyl (C=O) groups is 1. The Morgan fingerprint density at radius 1 is 0.630 bits per heavy atom. The van der Waals surface area contributed by atoms with Crippen LogP contribution in [0.2, 0.25) is 0 Å². The number of rotatable bonds is 3. The summed E-state index contributed by atoms with van der Waals surface area (Å²) in [6.07, 6.45) is 13.6. The third kappa shape index (κ3) is 6.79. The second-order valence-electron chi connectivity index (χ2n) is 9.83. The first-order valence-corrected chi connectivity index (χ1v) is 15.4. The number of aromatic nitrogens is 6. The molecule has 6 aromatic heterocycles. The second kappa shape index (κ2) is 15.3. The number of fused-ring (bicyclic) bond motifs is 6. The van der Waals surface area contributed by atoms with Crippen molar-refractivity contribution in [2.24, 2.45) is 0 Å². The van der Waals surface area contributed by atoms with Crippen LogP contribution in [-0.4, -0.2) is 54.0 Å². The highest BCUT2D eigenvalue weighted by atomic mass is 79.9. The van der Waals surface area contributed by atoms with Crippen molar-refractivity contribution in [3.05, 3.63) is 155 Å². The number of pyridine rings is 6. The highest BCUT2D eigenvalue weighted by Gasteiger charge is 2.44. The molecule has 10 heteroatoms. The van der Waals surface area contributed by atoms with Gasteiger partial charge in [-0.05, 0) is 84.4 Å². The van der Waals surface area contributed by atoms with E-state index < -0.39 is 5.60 Å². The van der Waals surface area contributed by atoms with E-state index >= 15 is 0 Å². The number of aliphatic hydroxyl groups is 1. The van der Waals surface area contributed by atoms with Crippen LogP contribution >= 0.6 is 15.9 Å². The van der Waals surface area contributed by atoms with E-state index in [2.05, 4.69) is 45.8 Å². The maximum absolute atomic E-state index is 11.8. The molecule has 0 aromatic carbocycles. The molecule has 230 valence electrons. The zero-order valence-corrected chi connectivity index (χ0v) is 26.9. The van der Waals surface area contributed by atoms with Crippen molar-refractivity contribution in [1.82, 2.24) is 29.9 Å². The van der Waals surface area contributed by atoms with Gasteiger partial charge in [0.1, 0.15) is 17.0 Å². The van der Waals surface area contributed by atoms with E-state index in [4.69, 9.17) is 4.74 Å². The number of carbonyl (C=O) groups excluding carboxylic acids is 1. The van der Waals surface area contributed by atoms with Gasteiger partial charge >= 0.3 is 0 Å². The van der Waals surface area contributed by atoms with Gasteiger partial charge < -0.3 is 9.84 Å². The Kier molecular flexibility index (Phi) is 10.8. The van der Waals surface area contributed by atoms with E-state index in [9.17, 15) is 9.90 Å². The molecule has 0 saturated carbocycles. The summed E-state index contributed by atoms with van der Waals surface area (Å²) in [5, 5.41) is 11.3. The molecule has 0 unspecified atom stereocenters. The molecule has 2 aliphatic carbocycles. The predicted molar refractivity (Wildman–Crippen MR) is 179 cm³/mol. The molecule has 6 aromatic rings. The summed E-state index contributed by atoms with van der Waals surface area (Å²) in [6.45, 7) is 5.67. The average Bonchev–Trinajstić information content (AvgIpc) is 3.56. The van der Waals surface area contributed by atoms with Crippen LogP contribution in [0, 0.1) is 0 Å². The van der Waals surface area contributed by atoms with Gasteiger partial charge in [0.25, 0.3) is 0 Å². The second-order valence-corrected chi connectivity index (χ2v) is 10.7. The minimum absolute atomic E-state index is 0.0243. The zero-order valence-electron chi connectivity index (χ0n) is 25.3. The number of ketones is 1. The Labute approximate surface area is 275 Å². The molecule has 8 rings (SSSR count). The Morgan fingerprint density at radius 2 is 1.09 bits per heavy atom. The lowest BCUT2D eigenvalue weighted by Crippen LogP contribution is -2.26. The summed E-state index contributed by atoms with van der Waals surface area (Å²) in [7, 11) is 0. The van der Waals surface area contributed by atoms with Crippen molar-refractivity contribution in [3.8, 4) is 22.8 Å². The normalized spacial score (nSPS) is 12.4. The van der Waals surface area contributed by atoms with E-state index in [-0.39, 0.29) is 5.78 Å². The quantitative estimate of drug-likeness (QED) is 0.218. The van der Waals surface area contributed by atoms with Gasteiger partial charge in [-0.2, -0.15) is 0 Å². The predicted octanol–water partition coefficient (Wildman–Crippen LogP) is 6.71. The first kappa shape index (κ1) is 32.4. The molecule has 0 saturated heterocycles. The van der Waals surface area contributed by atoms with Crippen molar-refractivity contribution in [3.63, 3.8) is 0 Å². The molecular weight excluding hydrogens is 644 g/mol. The standard InChI is InChI=1S/C16H11N3O.C11H6N2O.C5H4BrN.C4H10O/c20-16(11-4-1-7-17-10-11)12-5-2-8-18-14(12)15-13(16)6-3-9-19-15;14-11-7-3-1-5-12-9(7)10-8(11)4-2-6-13-10;6-5-2-1-3-7-4-5;1-3-5-4-2/h1-10,20H;1-6H;1-4H;3-4H2,1-2H3. The van der Waals surface area contributed by atoms with Crippen molar-refractivity contribution in [2.45, 2.75) is 19.4 Å². The lowest BCUT2D eigenvalue weighted by molar-refractivity contribution is 0.104. The molecule has 0 atom stereocenters. The van der Waals surface area contributed by atoms with Crippen molar-refractivity contribution in [1.29, 1.82) is 0 Å². The van der Waals surface area contributed by atoms with Crippen LogP contribution in [0.5, 0.6) is 0 Å². The molecule has 0 spiro atoms. The first-order chi connectivity index (χ1) is 22.5. The molecule has 0 bridgehead atoms. The van der Waals surface area contributed by atoms with Crippen molar-refractivity contribution in [2.75, 3.05) is 13.2 Å². The van der Waals surface area contributed by atoms with Crippen LogP contribution in [0.3, 0.4) is 0 Å². The molecule has 9 nitrogen and oxygen atoms in total. The summed E-state index contributed by atoms with van der Waals surface area (Å²) >= 11 is 3.25. The summed E-state index contributed by atoms with van der Waals surface area (Å²) in [5.41, 5.74) is 5.17. The largest absolute Gasteiger partial charge is 0.382 e.